The van der Waals surface area contributed by atoms with Crippen LogP contribution in [0, 0.1) is 0 Å². The van der Waals surface area contributed by atoms with Crippen LogP contribution < -0.4 is 0 Å². The lowest BCUT2D eigenvalue weighted by Gasteiger charge is -2.06. The lowest BCUT2D eigenvalue weighted by Crippen LogP contribution is -1.94. The Morgan fingerprint density at radius 2 is 1.41 bits per heavy atom. The highest BCUT2D eigenvalue weighted by Gasteiger charge is 2.01. The molecule has 0 atom stereocenters. The van der Waals surface area contributed by atoms with Crippen LogP contribution in [0.15, 0.2) is 11.6 Å². The standard InChI is InChI=1S/C15H28O2/c1-3-5-7-8-9-10-12-14(11-6-4-2)13-15(16)17/h13H,3-12H2,1-2H3,(H,16,17)/b14-13+. The van der Waals surface area contributed by atoms with Crippen LogP contribution >= 0.6 is 0 Å². The van der Waals surface area contributed by atoms with Crippen molar-refractivity contribution >= 4 is 5.97 Å². The fourth-order valence-electron chi connectivity index (χ4n) is 1.98. The number of unbranched alkanes of at least 4 members (excludes halogenated alkanes) is 6. The number of carboxylic acid groups (broad SMARTS) is 1. The zero-order valence-corrected chi connectivity index (χ0v) is 11.5. The first-order chi connectivity index (χ1) is 8.20. The molecule has 0 heterocycles. The summed E-state index contributed by atoms with van der Waals surface area (Å²) in [6, 6.07) is 0. The lowest BCUT2D eigenvalue weighted by molar-refractivity contribution is -0.131. The molecule has 0 aliphatic rings. The van der Waals surface area contributed by atoms with Crippen molar-refractivity contribution in [1.82, 2.24) is 0 Å². The Labute approximate surface area is 106 Å². The lowest BCUT2D eigenvalue weighted by atomic mass is 10.0. The van der Waals surface area contributed by atoms with Gasteiger partial charge in [0, 0.05) is 6.08 Å². The highest BCUT2D eigenvalue weighted by molar-refractivity contribution is 5.80. The molecule has 0 aromatic carbocycles. The molecule has 100 valence electrons. The van der Waals surface area contributed by atoms with Crippen LogP contribution in [-0.2, 0) is 4.79 Å². The van der Waals surface area contributed by atoms with E-state index in [1.807, 2.05) is 0 Å². The van der Waals surface area contributed by atoms with E-state index < -0.39 is 5.97 Å². The van der Waals surface area contributed by atoms with Crippen molar-refractivity contribution in [2.75, 3.05) is 0 Å². The fourth-order valence-corrected chi connectivity index (χ4v) is 1.98. The summed E-state index contributed by atoms with van der Waals surface area (Å²) in [4.78, 5) is 10.7. The van der Waals surface area contributed by atoms with Gasteiger partial charge in [-0.25, -0.2) is 4.79 Å². The molecule has 0 saturated heterocycles. The summed E-state index contributed by atoms with van der Waals surface area (Å²) in [7, 11) is 0. The molecule has 0 saturated carbocycles. The van der Waals surface area contributed by atoms with E-state index in [-0.39, 0.29) is 0 Å². The summed E-state index contributed by atoms with van der Waals surface area (Å²) < 4.78 is 0. The normalized spacial score (nSPS) is 11.8. The summed E-state index contributed by atoms with van der Waals surface area (Å²) in [5.41, 5.74) is 1.12. The van der Waals surface area contributed by atoms with E-state index in [4.69, 9.17) is 5.11 Å². The van der Waals surface area contributed by atoms with Gasteiger partial charge < -0.3 is 5.11 Å². The Morgan fingerprint density at radius 1 is 0.882 bits per heavy atom. The zero-order valence-electron chi connectivity index (χ0n) is 11.5. The molecule has 0 aromatic rings. The van der Waals surface area contributed by atoms with Crippen LogP contribution in [-0.4, -0.2) is 11.1 Å². The van der Waals surface area contributed by atoms with Gasteiger partial charge in [0.15, 0.2) is 0 Å². The van der Waals surface area contributed by atoms with Gasteiger partial charge in [0.25, 0.3) is 0 Å². The van der Waals surface area contributed by atoms with E-state index in [1.165, 1.54) is 38.2 Å². The summed E-state index contributed by atoms with van der Waals surface area (Å²) >= 11 is 0. The van der Waals surface area contributed by atoms with Gasteiger partial charge in [-0.15, -0.1) is 0 Å². The molecule has 0 radical (unpaired) electrons. The largest absolute Gasteiger partial charge is 0.478 e. The number of hydrogen-bond donors (Lipinski definition) is 1. The highest BCUT2D eigenvalue weighted by Crippen LogP contribution is 2.16. The Balaban J connectivity index is 3.72. The molecule has 0 aliphatic heterocycles. The second kappa shape index (κ2) is 11.7. The summed E-state index contributed by atoms with van der Waals surface area (Å²) in [6.07, 6.45) is 13.2. The molecule has 0 aliphatic carbocycles. The van der Waals surface area contributed by atoms with E-state index in [9.17, 15) is 4.79 Å². The van der Waals surface area contributed by atoms with Crippen molar-refractivity contribution in [3.05, 3.63) is 11.6 Å². The van der Waals surface area contributed by atoms with Crippen molar-refractivity contribution in [1.29, 1.82) is 0 Å². The Hall–Kier alpha value is -0.790. The first-order valence-corrected chi connectivity index (χ1v) is 7.13. The van der Waals surface area contributed by atoms with E-state index in [0.29, 0.717) is 0 Å². The molecule has 2 heteroatoms. The molecule has 0 amide bonds. The highest BCUT2D eigenvalue weighted by atomic mass is 16.4. The molecule has 17 heavy (non-hydrogen) atoms. The van der Waals surface area contributed by atoms with Crippen molar-refractivity contribution in [2.24, 2.45) is 0 Å². The van der Waals surface area contributed by atoms with Crippen LogP contribution in [0.4, 0.5) is 0 Å². The van der Waals surface area contributed by atoms with Gasteiger partial charge in [-0.05, 0) is 25.7 Å². The van der Waals surface area contributed by atoms with Gasteiger partial charge in [0.05, 0.1) is 0 Å². The molecule has 0 bridgehead atoms. The molecule has 0 fully saturated rings. The molecule has 2 nitrogen and oxygen atoms in total. The zero-order chi connectivity index (χ0) is 12.9. The van der Waals surface area contributed by atoms with E-state index >= 15 is 0 Å². The van der Waals surface area contributed by atoms with Crippen LogP contribution in [0.25, 0.3) is 0 Å². The Kier molecular flexibility index (Phi) is 11.1. The Bertz CT molecular complexity index is 219. The second-order valence-corrected chi connectivity index (χ2v) is 4.76. The molecule has 0 unspecified atom stereocenters. The van der Waals surface area contributed by atoms with Gasteiger partial charge in [0.2, 0.25) is 0 Å². The quantitative estimate of drug-likeness (QED) is 0.410. The Morgan fingerprint density at radius 3 is 2.00 bits per heavy atom. The van der Waals surface area contributed by atoms with E-state index in [1.54, 1.807) is 0 Å². The first kappa shape index (κ1) is 16.2. The smallest absolute Gasteiger partial charge is 0.328 e. The maximum absolute atomic E-state index is 10.7. The third-order valence-electron chi connectivity index (χ3n) is 3.03. The molecule has 0 aromatic heterocycles. The first-order valence-electron chi connectivity index (χ1n) is 7.13. The fraction of sp³-hybridized carbons (Fsp3) is 0.800. The van der Waals surface area contributed by atoms with E-state index in [0.717, 1.165) is 37.7 Å². The molecular weight excluding hydrogens is 212 g/mol. The maximum atomic E-state index is 10.7. The second-order valence-electron chi connectivity index (χ2n) is 4.76. The third kappa shape index (κ3) is 11.5. The molecule has 1 N–H and O–H groups in total. The number of allylic oxidation sites excluding steroid dienone is 1. The van der Waals surface area contributed by atoms with Crippen molar-refractivity contribution in [3.63, 3.8) is 0 Å². The minimum Gasteiger partial charge on any atom is -0.478 e. The average molecular weight is 240 g/mol. The minimum atomic E-state index is -0.790. The van der Waals surface area contributed by atoms with Crippen LogP contribution in [0.2, 0.25) is 0 Å². The minimum absolute atomic E-state index is 0.790. The van der Waals surface area contributed by atoms with Gasteiger partial charge in [0.1, 0.15) is 0 Å². The maximum Gasteiger partial charge on any atom is 0.328 e. The van der Waals surface area contributed by atoms with Crippen LogP contribution in [0.1, 0.15) is 78.1 Å². The predicted octanol–water partition coefficient (Wildman–Crippen LogP) is 4.94. The monoisotopic (exact) mass is 240 g/mol. The van der Waals surface area contributed by atoms with Gasteiger partial charge in [-0.3, -0.25) is 0 Å². The SMILES string of the molecule is CCCCCCCC/C(=C/C(=O)O)CCCC. The van der Waals surface area contributed by atoms with Crippen LogP contribution in [0.3, 0.4) is 0 Å². The van der Waals surface area contributed by atoms with Gasteiger partial charge in [-0.1, -0.05) is 57.9 Å². The predicted molar refractivity (Wildman–Crippen MR) is 73.2 cm³/mol. The number of rotatable bonds is 11. The molecular formula is C15H28O2. The number of aliphatic carboxylic acids is 1. The van der Waals surface area contributed by atoms with Crippen LogP contribution in [0.5, 0.6) is 0 Å². The summed E-state index contributed by atoms with van der Waals surface area (Å²) in [5.74, 6) is -0.790. The van der Waals surface area contributed by atoms with Crippen molar-refractivity contribution in [3.8, 4) is 0 Å². The van der Waals surface area contributed by atoms with Gasteiger partial charge in [-0.2, -0.15) is 0 Å². The van der Waals surface area contributed by atoms with Crippen molar-refractivity contribution in [2.45, 2.75) is 78.1 Å². The van der Waals surface area contributed by atoms with E-state index in [2.05, 4.69) is 13.8 Å². The summed E-state index contributed by atoms with van der Waals surface area (Å²) in [5, 5.41) is 8.78. The average Bonchev–Trinajstić information content (AvgIpc) is 2.29. The molecule has 0 rings (SSSR count). The van der Waals surface area contributed by atoms with Gasteiger partial charge >= 0.3 is 5.97 Å². The number of carbonyl (C=O) groups is 1. The number of carboxylic acids is 1. The van der Waals surface area contributed by atoms with Crippen molar-refractivity contribution < 1.29 is 9.90 Å². The molecule has 0 spiro atoms. The summed E-state index contributed by atoms with van der Waals surface area (Å²) in [6.45, 7) is 4.36. The topological polar surface area (TPSA) is 37.3 Å². The third-order valence-corrected chi connectivity index (χ3v) is 3.03. The number of hydrogen-bond acceptors (Lipinski definition) is 1.